The lowest BCUT2D eigenvalue weighted by Crippen LogP contribution is -2.47. The summed E-state index contributed by atoms with van der Waals surface area (Å²) in [6, 6.07) is 5.60. The third-order valence-electron chi connectivity index (χ3n) is 3.42. The Morgan fingerprint density at radius 3 is 2.52 bits per heavy atom. The van der Waals surface area contributed by atoms with E-state index < -0.39 is 0 Å². The maximum Gasteiger partial charge on any atom is 0.147 e. The van der Waals surface area contributed by atoms with Gasteiger partial charge < -0.3 is 9.80 Å². The third-order valence-corrected chi connectivity index (χ3v) is 3.70. The van der Waals surface area contributed by atoms with Crippen molar-refractivity contribution in [2.75, 3.05) is 36.0 Å². The van der Waals surface area contributed by atoms with Crippen molar-refractivity contribution in [3.63, 3.8) is 0 Å². The molecule has 1 fully saturated rings. The summed E-state index contributed by atoms with van der Waals surface area (Å²) in [4.78, 5) is 16.8. The minimum Gasteiger partial charge on any atom is -0.353 e. The molecule has 106 valence electrons. The second-order valence-electron chi connectivity index (χ2n) is 4.68. The van der Waals surface area contributed by atoms with Crippen molar-refractivity contribution < 1.29 is 0 Å². The van der Waals surface area contributed by atoms with E-state index in [1.807, 2.05) is 12.1 Å². The Morgan fingerprint density at radius 2 is 1.90 bits per heavy atom. The number of pyridine rings is 1. The van der Waals surface area contributed by atoms with Gasteiger partial charge in [0.2, 0.25) is 0 Å². The molecule has 1 aliphatic heterocycles. The quantitative estimate of drug-likeness (QED) is 0.841. The molecule has 0 atom stereocenters. The number of piperazine rings is 1. The number of hydrogen-bond acceptors (Lipinski definition) is 6. The summed E-state index contributed by atoms with van der Waals surface area (Å²) in [7, 11) is 0. The topological polar surface area (TPSA) is 68.9 Å². The van der Waals surface area contributed by atoms with Crippen molar-refractivity contribution in [2.24, 2.45) is 0 Å². The Labute approximate surface area is 127 Å². The molecule has 0 spiro atoms. The van der Waals surface area contributed by atoms with Gasteiger partial charge in [-0.25, -0.2) is 15.0 Å². The van der Waals surface area contributed by atoms with E-state index in [2.05, 4.69) is 24.8 Å². The van der Waals surface area contributed by atoms with Crippen molar-refractivity contribution in [3.8, 4) is 6.07 Å². The van der Waals surface area contributed by atoms with E-state index >= 15 is 0 Å². The van der Waals surface area contributed by atoms with Gasteiger partial charge in [0.15, 0.2) is 0 Å². The molecule has 2 aromatic heterocycles. The standard InChI is InChI=1S/C14H13ClN6/c15-12-7-11(8-16)9-18-14(12)21-5-3-20(4-6-21)13-1-2-17-10-19-13/h1-2,7,9-10H,3-6H2. The number of rotatable bonds is 2. The molecule has 0 aromatic carbocycles. The smallest absolute Gasteiger partial charge is 0.147 e. The van der Waals surface area contributed by atoms with E-state index in [9.17, 15) is 0 Å². The van der Waals surface area contributed by atoms with E-state index in [0.717, 1.165) is 37.8 Å². The highest BCUT2D eigenvalue weighted by Gasteiger charge is 2.20. The molecular formula is C14H13ClN6. The van der Waals surface area contributed by atoms with Crippen LogP contribution in [0.4, 0.5) is 11.6 Å². The zero-order valence-corrected chi connectivity index (χ0v) is 12.0. The van der Waals surface area contributed by atoms with Crippen LogP contribution in [-0.2, 0) is 0 Å². The number of nitrogens with zero attached hydrogens (tertiary/aromatic N) is 6. The second-order valence-corrected chi connectivity index (χ2v) is 5.09. The highest BCUT2D eigenvalue weighted by molar-refractivity contribution is 6.33. The zero-order valence-electron chi connectivity index (χ0n) is 11.3. The Kier molecular flexibility index (Phi) is 3.84. The van der Waals surface area contributed by atoms with Crippen molar-refractivity contribution in [2.45, 2.75) is 0 Å². The highest BCUT2D eigenvalue weighted by atomic mass is 35.5. The van der Waals surface area contributed by atoms with E-state index in [1.54, 1.807) is 24.8 Å². The Balaban J connectivity index is 1.70. The van der Waals surface area contributed by atoms with Crippen LogP contribution in [-0.4, -0.2) is 41.1 Å². The fraction of sp³-hybridized carbons (Fsp3) is 0.286. The summed E-state index contributed by atoms with van der Waals surface area (Å²) >= 11 is 6.21. The Morgan fingerprint density at radius 1 is 1.14 bits per heavy atom. The summed E-state index contributed by atoms with van der Waals surface area (Å²) in [6.45, 7) is 3.30. The van der Waals surface area contributed by atoms with E-state index in [0.29, 0.717) is 10.6 Å². The lowest BCUT2D eigenvalue weighted by Gasteiger charge is -2.36. The van der Waals surface area contributed by atoms with Crippen LogP contribution in [0.5, 0.6) is 0 Å². The molecule has 0 radical (unpaired) electrons. The summed E-state index contributed by atoms with van der Waals surface area (Å²) in [5, 5.41) is 9.36. The average Bonchev–Trinajstić information content (AvgIpc) is 2.56. The minimum absolute atomic E-state index is 0.475. The maximum absolute atomic E-state index is 8.84. The van der Waals surface area contributed by atoms with Crippen LogP contribution in [0.3, 0.4) is 0 Å². The van der Waals surface area contributed by atoms with E-state index in [1.165, 1.54) is 0 Å². The highest BCUT2D eigenvalue weighted by Crippen LogP contribution is 2.25. The van der Waals surface area contributed by atoms with E-state index in [4.69, 9.17) is 16.9 Å². The van der Waals surface area contributed by atoms with Crippen molar-refractivity contribution in [1.29, 1.82) is 5.26 Å². The molecule has 0 aliphatic carbocycles. The molecule has 6 nitrogen and oxygen atoms in total. The lowest BCUT2D eigenvalue weighted by atomic mass is 10.2. The van der Waals surface area contributed by atoms with Gasteiger partial charge in [0.05, 0.1) is 10.6 Å². The molecular weight excluding hydrogens is 288 g/mol. The number of anilines is 2. The van der Waals surface area contributed by atoms with Gasteiger partial charge in [0, 0.05) is 38.6 Å². The van der Waals surface area contributed by atoms with Gasteiger partial charge in [-0.2, -0.15) is 5.26 Å². The first-order valence-corrected chi connectivity index (χ1v) is 6.97. The number of aromatic nitrogens is 3. The van der Waals surface area contributed by atoms with Crippen LogP contribution in [0.15, 0.2) is 30.9 Å². The van der Waals surface area contributed by atoms with Crippen molar-refractivity contribution in [1.82, 2.24) is 15.0 Å². The van der Waals surface area contributed by atoms with Gasteiger partial charge in [-0.15, -0.1) is 0 Å². The molecule has 0 bridgehead atoms. The lowest BCUT2D eigenvalue weighted by molar-refractivity contribution is 0.641. The average molecular weight is 301 g/mol. The molecule has 0 unspecified atom stereocenters. The molecule has 0 N–H and O–H groups in total. The normalized spacial score (nSPS) is 14.9. The summed E-state index contributed by atoms with van der Waals surface area (Å²) in [5.41, 5.74) is 0.475. The fourth-order valence-electron chi connectivity index (χ4n) is 2.34. The van der Waals surface area contributed by atoms with Crippen LogP contribution in [0.2, 0.25) is 5.02 Å². The van der Waals surface area contributed by atoms with Crippen molar-refractivity contribution in [3.05, 3.63) is 41.4 Å². The molecule has 3 heterocycles. The number of nitriles is 1. The van der Waals surface area contributed by atoms with Crippen molar-refractivity contribution >= 4 is 23.2 Å². The summed E-state index contributed by atoms with van der Waals surface area (Å²) in [6.07, 6.45) is 4.85. The SMILES string of the molecule is N#Cc1cnc(N2CCN(c3ccncn3)CC2)c(Cl)c1. The van der Waals surface area contributed by atoms with E-state index in [-0.39, 0.29) is 0 Å². The Hall–Kier alpha value is -2.39. The monoisotopic (exact) mass is 300 g/mol. The maximum atomic E-state index is 8.84. The molecule has 0 saturated carbocycles. The molecule has 1 aliphatic rings. The van der Waals surface area contributed by atoms with Crippen LogP contribution in [0.25, 0.3) is 0 Å². The predicted octanol–water partition coefficient (Wildman–Crippen LogP) is 1.72. The predicted molar refractivity (Wildman–Crippen MR) is 80.4 cm³/mol. The summed E-state index contributed by atoms with van der Waals surface area (Å²) < 4.78 is 0. The first kappa shape index (κ1) is 13.6. The number of halogens is 1. The molecule has 1 saturated heterocycles. The fourth-order valence-corrected chi connectivity index (χ4v) is 2.63. The Bertz CT molecular complexity index is 661. The molecule has 7 heteroatoms. The molecule has 2 aromatic rings. The third kappa shape index (κ3) is 2.88. The van der Waals surface area contributed by atoms with Gasteiger partial charge in [0.1, 0.15) is 24.0 Å². The largest absolute Gasteiger partial charge is 0.353 e. The van der Waals surface area contributed by atoms with Gasteiger partial charge in [-0.3, -0.25) is 0 Å². The zero-order chi connectivity index (χ0) is 14.7. The molecule has 3 rings (SSSR count). The van der Waals surface area contributed by atoms with Gasteiger partial charge >= 0.3 is 0 Å². The van der Waals surface area contributed by atoms with Crippen LogP contribution < -0.4 is 9.80 Å². The van der Waals surface area contributed by atoms with Crippen LogP contribution in [0, 0.1) is 11.3 Å². The number of hydrogen-bond donors (Lipinski definition) is 0. The van der Waals surface area contributed by atoms with Gasteiger partial charge in [-0.05, 0) is 12.1 Å². The van der Waals surface area contributed by atoms with Crippen LogP contribution in [0.1, 0.15) is 5.56 Å². The molecule has 21 heavy (non-hydrogen) atoms. The summed E-state index contributed by atoms with van der Waals surface area (Å²) in [5.74, 6) is 1.67. The minimum atomic E-state index is 0.475. The van der Waals surface area contributed by atoms with Gasteiger partial charge in [-0.1, -0.05) is 11.6 Å². The first-order valence-electron chi connectivity index (χ1n) is 6.59. The van der Waals surface area contributed by atoms with Gasteiger partial charge in [0.25, 0.3) is 0 Å². The molecule has 0 amide bonds. The second kappa shape index (κ2) is 5.94. The first-order chi connectivity index (χ1) is 10.3. The van der Waals surface area contributed by atoms with Crippen LogP contribution >= 0.6 is 11.6 Å².